The first-order valence-electron chi connectivity index (χ1n) is 9.90. The van der Waals surface area contributed by atoms with Crippen molar-refractivity contribution >= 4 is 11.5 Å². The molecule has 1 aliphatic heterocycles. The lowest BCUT2D eigenvalue weighted by atomic mass is 9.94. The van der Waals surface area contributed by atoms with E-state index in [1.807, 2.05) is 12.3 Å². The van der Waals surface area contributed by atoms with Gasteiger partial charge in [0.2, 0.25) is 0 Å². The molecule has 1 unspecified atom stereocenters. The van der Waals surface area contributed by atoms with E-state index in [0.29, 0.717) is 6.54 Å². The number of piperidine rings is 1. The van der Waals surface area contributed by atoms with Crippen molar-refractivity contribution in [1.82, 2.24) is 9.88 Å². The number of carbonyl (C=O) groups is 1. The van der Waals surface area contributed by atoms with E-state index >= 15 is 0 Å². The van der Waals surface area contributed by atoms with Crippen LogP contribution in [0.2, 0.25) is 0 Å². The molecule has 4 rings (SSSR count). The van der Waals surface area contributed by atoms with Gasteiger partial charge >= 0.3 is 5.97 Å². The number of aliphatic carboxylic acids is 1. The predicted octanol–water partition coefficient (Wildman–Crippen LogP) is 3.80. The first-order chi connectivity index (χ1) is 13.2. The standard InChI is InChI=1S/C23H26N2O2/c26-23(27)18-7-4-14-25(16-18)15-5-10-20-19-8-2-1-6-17(19)11-12-22-21(20)9-3-13-24-22/h1-3,6,8-10,13,18H,4-5,7,11-12,14-16H2,(H,26,27)/b20-10+. The number of fused-ring (bicyclic) bond motifs is 2. The number of rotatable bonds is 4. The molecule has 1 aromatic heterocycles. The zero-order valence-electron chi connectivity index (χ0n) is 15.6. The summed E-state index contributed by atoms with van der Waals surface area (Å²) < 4.78 is 0. The van der Waals surface area contributed by atoms with Crippen molar-refractivity contribution in [3.8, 4) is 0 Å². The zero-order chi connectivity index (χ0) is 18.6. The molecule has 0 saturated carbocycles. The van der Waals surface area contributed by atoms with Crippen LogP contribution in [0.1, 0.15) is 41.6 Å². The van der Waals surface area contributed by atoms with Crippen molar-refractivity contribution in [2.45, 2.75) is 32.1 Å². The normalized spacial score (nSPS) is 21.3. The first kappa shape index (κ1) is 17.9. The third-order valence-electron chi connectivity index (χ3n) is 5.77. The average molecular weight is 362 g/mol. The maximum atomic E-state index is 11.3. The van der Waals surface area contributed by atoms with Crippen LogP contribution >= 0.6 is 0 Å². The highest BCUT2D eigenvalue weighted by molar-refractivity contribution is 5.83. The van der Waals surface area contributed by atoms with Gasteiger partial charge in [-0.25, -0.2) is 0 Å². The van der Waals surface area contributed by atoms with Crippen LogP contribution in [0.25, 0.3) is 5.57 Å². The van der Waals surface area contributed by atoms with E-state index < -0.39 is 5.97 Å². The zero-order valence-corrected chi connectivity index (χ0v) is 15.6. The third-order valence-corrected chi connectivity index (χ3v) is 5.77. The van der Waals surface area contributed by atoms with Gasteiger partial charge in [-0.2, -0.15) is 0 Å². The van der Waals surface area contributed by atoms with Gasteiger partial charge in [-0.1, -0.05) is 36.4 Å². The lowest BCUT2D eigenvalue weighted by Crippen LogP contribution is -2.39. The maximum absolute atomic E-state index is 11.3. The minimum Gasteiger partial charge on any atom is -0.481 e. The Morgan fingerprint density at radius 1 is 1.19 bits per heavy atom. The van der Waals surface area contributed by atoms with Crippen LogP contribution in [-0.4, -0.2) is 40.6 Å². The Morgan fingerprint density at radius 2 is 2.04 bits per heavy atom. The molecular weight excluding hydrogens is 336 g/mol. The minimum absolute atomic E-state index is 0.213. The van der Waals surface area contributed by atoms with E-state index in [4.69, 9.17) is 0 Å². The average Bonchev–Trinajstić information content (AvgIpc) is 2.86. The van der Waals surface area contributed by atoms with E-state index in [2.05, 4.69) is 46.3 Å². The molecule has 4 nitrogen and oxygen atoms in total. The number of aromatic nitrogens is 1. The van der Waals surface area contributed by atoms with E-state index in [-0.39, 0.29) is 5.92 Å². The summed E-state index contributed by atoms with van der Waals surface area (Å²) in [5, 5.41) is 9.29. The van der Waals surface area contributed by atoms with Gasteiger partial charge in [0.15, 0.2) is 0 Å². The summed E-state index contributed by atoms with van der Waals surface area (Å²) in [4.78, 5) is 18.2. The number of aryl methyl sites for hydroxylation is 2. The molecule has 1 aliphatic carbocycles. The lowest BCUT2D eigenvalue weighted by molar-refractivity contribution is -0.143. The Hall–Kier alpha value is -2.46. The number of nitrogens with zero attached hydrogens (tertiary/aromatic N) is 2. The second kappa shape index (κ2) is 8.05. The Kier molecular flexibility index (Phi) is 5.35. The number of carboxylic acids is 1. The van der Waals surface area contributed by atoms with Gasteiger partial charge in [-0.05, 0) is 61.4 Å². The molecular formula is C23H26N2O2. The van der Waals surface area contributed by atoms with Crippen LogP contribution in [0, 0.1) is 5.92 Å². The first-order valence-corrected chi connectivity index (χ1v) is 9.90. The predicted molar refractivity (Wildman–Crippen MR) is 107 cm³/mol. The summed E-state index contributed by atoms with van der Waals surface area (Å²) in [5.74, 6) is -0.870. The number of carboxylic acid groups (broad SMARTS) is 1. The Balaban J connectivity index is 1.56. The summed E-state index contributed by atoms with van der Waals surface area (Å²) in [5.41, 5.74) is 6.38. The van der Waals surface area contributed by atoms with Crippen LogP contribution in [0.3, 0.4) is 0 Å². The monoisotopic (exact) mass is 362 g/mol. The molecule has 1 atom stereocenters. The molecule has 1 fully saturated rings. The van der Waals surface area contributed by atoms with Gasteiger partial charge in [0.05, 0.1) is 5.92 Å². The summed E-state index contributed by atoms with van der Waals surface area (Å²) in [6, 6.07) is 12.8. The number of hydrogen-bond donors (Lipinski definition) is 1. The maximum Gasteiger partial charge on any atom is 0.307 e. The summed E-state index contributed by atoms with van der Waals surface area (Å²) in [6.07, 6.45) is 8.90. The fourth-order valence-corrected chi connectivity index (χ4v) is 4.35. The van der Waals surface area contributed by atoms with Crippen LogP contribution in [-0.2, 0) is 17.6 Å². The van der Waals surface area contributed by atoms with Gasteiger partial charge in [0, 0.05) is 30.5 Å². The summed E-state index contributed by atoms with van der Waals surface area (Å²) in [6.45, 7) is 2.58. The molecule has 2 aliphatic rings. The smallest absolute Gasteiger partial charge is 0.307 e. The fraction of sp³-hybridized carbons (Fsp3) is 0.391. The molecule has 0 radical (unpaired) electrons. The molecule has 0 amide bonds. The van der Waals surface area contributed by atoms with Gasteiger partial charge in [-0.15, -0.1) is 0 Å². The number of hydrogen-bond acceptors (Lipinski definition) is 3. The van der Waals surface area contributed by atoms with E-state index in [1.54, 1.807) is 0 Å². The second-order valence-electron chi connectivity index (χ2n) is 7.54. The van der Waals surface area contributed by atoms with Crippen molar-refractivity contribution in [3.63, 3.8) is 0 Å². The van der Waals surface area contributed by atoms with Crippen molar-refractivity contribution in [1.29, 1.82) is 0 Å². The fourth-order valence-electron chi connectivity index (χ4n) is 4.35. The minimum atomic E-state index is -0.657. The highest BCUT2D eigenvalue weighted by Crippen LogP contribution is 2.32. The molecule has 1 aromatic carbocycles. The van der Waals surface area contributed by atoms with Gasteiger partial charge in [0.1, 0.15) is 0 Å². The van der Waals surface area contributed by atoms with Crippen molar-refractivity contribution in [2.24, 2.45) is 5.92 Å². The largest absolute Gasteiger partial charge is 0.481 e. The van der Waals surface area contributed by atoms with Gasteiger partial charge in [-0.3, -0.25) is 9.78 Å². The Bertz CT molecular complexity index is 809. The number of benzene rings is 1. The topological polar surface area (TPSA) is 53.4 Å². The molecule has 140 valence electrons. The van der Waals surface area contributed by atoms with E-state index in [0.717, 1.165) is 45.2 Å². The number of likely N-dealkylation sites (tertiary alicyclic amines) is 1. The molecule has 2 heterocycles. The third kappa shape index (κ3) is 3.96. The molecule has 1 saturated heterocycles. The van der Waals surface area contributed by atoms with Gasteiger partial charge in [0.25, 0.3) is 0 Å². The SMILES string of the molecule is O=C(O)C1CCCN(CC/C=C2\c3ccccc3CCc3ncccc32)C1. The van der Waals surface area contributed by atoms with Crippen LogP contribution in [0.4, 0.5) is 0 Å². The molecule has 4 heteroatoms. The van der Waals surface area contributed by atoms with E-state index in [9.17, 15) is 9.90 Å². The summed E-state index contributed by atoms with van der Waals surface area (Å²) in [7, 11) is 0. The van der Waals surface area contributed by atoms with Crippen molar-refractivity contribution in [3.05, 3.63) is 71.1 Å². The van der Waals surface area contributed by atoms with Crippen LogP contribution in [0.5, 0.6) is 0 Å². The van der Waals surface area contributed by atoms with Crippen molar-refractivity contribution in [2.75, 3.05) is 19.6 Å². The highest BCUT2D eigenvalue weighted by atomic mass is 16.4. The quantitative estimate of drug-likeness (QED) is 0.899. The molecule has 27 heavy (non-hydrogen) atoms. The molecule has 2 aromatic rings. The number of pyridine rings is 1. The van der Waals surface area contributed by atoms with Gasteiger partial charge < -0.3 is 10.0 Å². The molecule has 0 spiro atoms. The Labute approximate surface area is 160 Å². The molecule has 0 bridgehead atoms. The van der Waals surface area contributed by atoms with Crippen molar-refractivity contribution < 1.29 is 9.90 Å². The second-order valence-corrected chi connectivity index (χ2v) is 7.54. The van der Waals surface area contributed by atoms with Crippen LogP contribution in [0.15, 0.2) is 48.7 Å². The van der Waals surface area contributed by atoms with E-state index in [1.165, 1.54) is 28.0 Å². The molecule has 1 N–H and O–H groups in total. The Morgan fingerprint density at radius 3 is 2.93 bits per heavy atom. The highest BCUT2D eigenvalue weighted by Gasteiger charge is 2.25. The van der Waals surface area contributed by atoms with Crippen LogP contribution < -0.4 is 0 Å². The lowest BCUT2D eigenvalue weighted by Gasteiger charge is -2.30. The summed E-state index contributed by atoms with van der Waals surface area (Å²) >= 11 is 0.